The highest BCUT2D eigenvalue weighted by Gasteiger charge is 2.49. The molecule has 0 bridgehead atoms. The molecule has 0 radical (unpaired) electrons. The van der Waals surface area contributed by atoms with E-state index in [1.54, 1.807) is 17.0 Å². The van der Waals surface area contributed by atoms with Gasteiger partial charge in [0, 0.05) is 29.1 Å². The normalized spacial score (nSPS) is 23.2. The van der Waals surface area contributed by atoms with Crippen molar-refractivity contribution >= 4 is 28.4 Å². The zero-order valence-electron chi connectivity index (χ0n) is 18.8. The molecule has 2 atom stereocenters. The lowest BCUT2D eigenvalue weighted by Crippen LogP contribution is -2.65. The largest absolute Gasteiger partial charge is 0.733 e. The molecule has 34 heavy (non-hydrogen) atoms. The quantitative estimate of drug-likeness (QED) is 0.579. The number of hydrogen-bond acceptors (Lipinski definition) is 5. The third-order valence-electron chi connectivity index (χ3n) is 7.74. The summed E-state index contributed by atoms with van der Waals surface area (Å²) in [6, 6.07) is 13.6. The van der Waals surface area contributed by atoms with E-state index in [1.807, 2.05) is 23.1 Å². The van der Waals surface area contributed by atoms with Crippen LogP contribution in [0.15, 0.2) is 48.5 Å². The zero-order chi connectivity index (χ0) is 23.4. The Kier molecular flexibility index (Phi) is 5.08. The average Bonchev–Trinajstić information content (AvgIpc) is 3.24. The van der Waals surface area contributed by atoms with E-state index in [0.29, 0.717) is 6.42 Å². The maximum absolute atomic E-state index is 13.8. The molecule has 2 aromatic carbocycles. The van der Waals surface area contributed by atoms with Gasteiger partial charge in [0.25, 0.3) is 0 Å². The van der Waals surface area contributed by atoms with Crippen LogP contribution in [-0.4, -0.2) is 50.4 Å². The molecule has 2 fully saturated rings. The van der Waals surface area contributed by atoms with Crippen molar-refractivity contribution in [3.8, 4) is 0 Å². The van der Waals surface area contributed by atoms with Gasteiger partial charge in [-0.05, 0) is 42.2 Å². The SMILES string of the molecule is O=C1[C@@H]2Cc3c([nH]c4ccccc34)C(c3ccc(N([O-])O)cc3)N2C(=O)CN1C1CCCCC1. The highest BCUT2D eigenvalue weighted by Crippen LogP contribution is 2.43. The van der Waals surface area contributed by atoms with E-state index in [4.69, 9.17) is 0 Å². The predicted octanol–water partition coefficient (Wildman–Crippen LogP) is 3.88. The van der Waals surface area contributed by atoms with Gasteiger partial charge in [0.1, 0.15) is 12.6 Å². The monoisotopic (exact) mass is 459 g/mol. The second-order valence-electron chi connectivity index (χ2n) is 9.61. The van der Waals surface area contributed by atoms with E-state index < -0.39 is 12.1 Å². The number of aromatic amines is 1. The number of benzene rings is 2. The highest BCUT2D eigenvalue weighted by atomic mass is 16.8. The van der Waals surface area contributed by atoms with Crippen LogP contribution in [0.1, 0.15) is 55.0 Å². The number of piperazine rings is 1. The number of carbonyl (C=O) groups excluding carboxylic acids is 2. The van der Waals surface area contributed by atoms with Gasteiger partial charge in [-0.3, -0.25) is 14.8 Å². The first kappa shape index (κ1) is 21.2. The van der Waals surface area contributed by atoms with Crippen LogP contribution >= 0.6 is 0 Å². The Morgan fingerprint density at radius 3 is 2.47 bits per heavy atom. The number of rotatable bonds is 3. The minimum atomic E-state index is -0.562. The van der Waals surface area contributed by atoms with E-state index in [0.717, 1.165) is 53.4 Å². The van der Waals surface area contributed by atoms with Crippen molar-refractivity contribution in [1.29, 1.82) is 0 Å². The van der Waals surface area contributed by atoms with Gasteiger partial charge in [-0.1, -0.05) is 49.6 Å². The number of anilines is 1. The summed E-state index contributed by atoms with van der Waals surface area (Å²) in [4.78, 5) is 34.5. The molecule has 1 unspecified atom stereocenters. The van der Waals surface area contributed by atoms with Crippen LogP contribution in [0.25, 0.3) is 10.9 Å². The summed E-state index contributed by atoms with van der Waals surface area (Å²) in [5.41, 5.74) is 3.83. The zero-order valence-corrected chi connectivity index (χ0v) is 18.8. The molecule has 3 aromatic rings. The molecule has 8 heteroatoms. The summed E-state index contributed by atoms with van der Waals surface area (Å²) in [7, 11) is 0. The van der Waals surface area contributed by atoms with Crippen molar-refractivity contribution in [2.45, 2.75) is 56.7 Å². The van der Waals surface area contributed by atoms with Crippen LogP contribution < -0.4 is 5.23 Å². The van der Waals surface area contributed by atoms with Crippen molar-refractivity contribution in [3.63, 3.8) is 0 Å². The topological polar surface area (TPSA) is 103 Å². The van der Waals surface area contributed by atoms with Crippen molar-refractivity contribution < 1.29 is 14.8 Å². The average molecular weight is 460 g/mol. The fourth-order valence-electron chi connectivity index (χ4n) is 6.12. The van der Waals surface area contributed by atoms with E-state index in [2.05, 4.69) is 11.1 Å². The second kappa shape index (κ2) is 8.14. The molecule has 2 N–H and O–H groups in total. The first-order chi connectivity index (χ1) is 16.5. The second-order valence-corrected chi connectivity index (χ2v) is 9.61. The molecule has 1 aliphatic carbocycles. The predicted molar refractivity (Wildman–Crippen MR) is 127 cm³/mol. The van der Waals surface area contributed by atoms with E-state index in [-0.39, 0.29) is 35.3 Å². The van der Waals surface area contributed by atoms with E-state index in [1.165, 1.54) is 18.6 Å². The molecular formula is C26H27N4O4-. The number of H-pyrrole nitrogens is 1. The smallest absolute Gasteiger partial charge is 0.246 e. The van der Waals surface area contributed by atoms with Crippen LogP contribution in [0.4, 0.5) is 5.69 Å². The summed E-state index contributed by atoms with van der Waals surface area (Å²) in [6.45, 7) is 0.106. The van der Waals surface area contributed by atoms with Crippen LogP contribution in [0, 0.1) is 5.21 Å². The Bertz CT molecular complexity index is 1250. The number of aromatic nitrogens is 1. The minimum Gasteiger partial charge on any atom is -0.733 e. The van der Waals surface area contributed by atoms with Gasteiger partial charge >= 0.3 is 0 Å². The van der Waals surface area contributed by atoms with E-state index in [9.17, 15) is 20.0 Å². The number of carbonyl (C=O) groups is 2. The number of hydrogen-bond donors (Lipinski definition) is 2. The molecule has 1 aromatic heterocycles. The Hall–Kier alpha value is -3.36. The Morgan fingerprint density at radius 1 is 1.00 bits per heavy atom. The Morgan fingerprint density at radius 2 is 1.74 bits per heavy atom. The number of amides is 2. The lowest BCUT2D eigenvalue weighted by Gasteiger charge is -2.49. The summed E-state index contributed by atoms with van der Waals surface area (Å²) < 4.78 is 0. The summed E-state index contributed by atoms with van der Waals surface area (Å²) >= 11 is 0. The summed E-state index contributed by atoms with van der Waals surface area (Å²) in [5, 5.41) is 21.4. The van der Waals surface area contributed by atoms with Gasteiger partial charge < -0.3 is 25.2 Å². The molecule has 0 spiro atoms. The van der Waals surface area contributed by atoms with Gasteiger partial charge in [-0.15, -0.1) is 0 Å². The van der Waals surface area contributed by atoms with Crippen LogP contribution in [-0.2, 0) is 16.0 Å². The maximum atomic E-state index is 13.8. The summed E-state index contributed by atoms with van der Waals surface area (Å²) in [5.74, 6) is -0.0219. The van der Waals surface area contributed by atoms with Crippen molar-refractivity contribution in [1.82, 2.24) is 14.8 Å². The molecule has 8 nitrogen and oxygen atoms in total. The number of nitrogens with one attached hydrogen (secondary N) is 1. The van der Waals surface area contributed by atoms with Crippen molar-refractivity contribution in [3.05, 3.63) is 70.6 Å². The molecule has 2 amide bonds. The maximum Gasteiger partial charge on any atom is 0.246 e. The molecule has 1 saturated carbocycles. The highest BCUT2D eigenvalue weighted by molar-refractivity contribution is 5.97. The van der Waals surface area contributed by atoms with Gasteiger partial charge in [-0.25, -0.2) is 0 Å². The van der Waals surface area contributed by atoms with Crippen molar-refractivity contribution in [2.75, 3.05) is 11.8 Å². The molecular weight excluding hydrogens is 432 g/mol. The van der Waals surface area contributed by atoms with Gasteiger partial charge in [0.05, 0.1) is 11.7 Å². The van der Waals surface area contributed by atoms with Crippen LogP contribution in [0.5, 0.6) is 0 Å². The molecule has 3 heterocycles. The van der Waals surface area contributed by atoms with Crippen LogP contribution in [0.3, 0.4) is 0 Å². The van der Waals surface area contributed by atoms with Crippen molar-refractivity contribution in [2.24, 2.45) is 0 Å². The van der Waals surface area contributed by atoms with Crippen LogP contribution in [0.2, 0.25) is 0 Å². The Labute approximate surface area is 197 Å². The fourth-order valence-corrected chi connectivity index (χ4v) is 6.12. The van der Waals surface area contributed by atoms with Gasteiger partial charge in [-0.2, -0.15) is 0 Å². The molecule has 6 rings (SSSR count). The third kappa shape index (κ3) is 3.28. The van der Waals surface area contributed by atoms with E-state index >= 15 is 0 Å². The lowest BCUT2D eigenvalue weighted by molar-refractivity contribution is -0.161. The third-order valence-corrected chi connectivity index (χ3v) is 7.74. The molecule has 3 aliphatic rings. The van der Waals surface area contributed by atoms with Gasteiger partial charge in [0.2, 0.25) is 11.8 Å². The fraction of sp³-hybridized carbons (Fsp3) is 0.385. The first-order valence-electron chi connectivity index (χ1n) is 12.0. The lowest BCUT2D eigenvalue weighted by atomic mass is 9.85. The molecule has 2 aliphatic heterocycles. The summed E-state index contributed by atoms with van der Waals surface area (Å²) in [6.07, 6.45) is 5.78. The Balaban J connectivity index is 1.46. The number of fused-ring (bicyclic) bond motifs is 4. The van der Waals surface area contributed by atoms with Gasteiger partial charge in [0.15, 0.2) is 0 Å². The number of nitrogens with zero attached hydrogens (tertiary/aromatic N) is 3. The minimum absolute atomic E-state index is 0.0325. The molecule has 176 valence electrons. The standard InChI is InChI=1S/C26H27N4O4/c31-23-15-28(17-6-2-1-3-7-17)26(32)22-14-20-19-8-4-5-9-21(19)27-24(20)25(29(22)23)16-10-12-18(13-11-16)30(33)34/h4-5,8-13,17,22,25,27,33H,1-3,6-7,14-15H2/q-1/t22-,25?/m0/s1. The molecule has 1 saturated heterocycles. The first-order valence-corrected chi connectivity index (χ1v) is 12.0. The number of para-hydroxylation sites is 1.